The van der Waals surface area contributed by atoms with Gasteiger partial charge in [0.05, 0.1) is 0 Å². The second-order valence-electron chi connectivity index (χ2n) is 6.11. The first kappa shape index (κ1) is 14.8. The minimum absolute atomic E-state index is 0.0851. The average molecular weight is 308 g/mol. The van der Waals surface area contributed by atoms with Gasteiger partial charge in [-0.3, -0.25) is 9.69 Å². The van der Waals surface area contributed by atoms with Gasteiger partial charge in [-0.1, -0.05) is 18.0 Å². The average Bonchev–Trinajstić information content (AvgIpc) is 2.96. The number of halogens is 1. The number of rotatable bonds is 2. The van der Waals surface area contributed by atoms with Crippen molar-refractivity contribution in [2.45, 2.75) is 38.6 Å². The molecular formula is C16H22ClN3O. The topological polar surface area (TPSA) is 36.4 Å². The second kappa shape index (κ2) is 6.32. The molecule has 2 aliphatic rings. The molecular weight excluding hydrogens is 286 g/mol. The molecule has 0 saturated carbocycles. The minimum atomic E-state index is 0.0851. The number of pyridine rings is 1. The van der Waals surface area contributed by atoms with Crippen molar-refractivity contribution in [2.75, 3.05) is 26.2 Å². The van der Waals surface area contributed by atoms with Crippen molar-refractivity contribution >= 4 is 17.5 Å². The fourth-order valence-electron chi connectivity index (χ4n) is 3.44. The zero-order chi connectivity index (χ0) is 14.8. The third-order valence-corrected chi connectivity index (χ3v) is 4.72. The van der Waals surface area contributed by atoms with E-state index in [0.29, 0.717) is 16.8 Å². The van der Waals surface area contributed by atoms with E-state index in [-0.39, 0.29) is 5.91 Å². The second-order valence-corrected chi connectivity index (χ2v) is 6.50. The third kappa shape index (κ3) is 3.38. The predicted octanol–water partition coefficient (Wildman–Crippen LogP) is 2.74. The summed E-state index contributed by atoms with van der Waals surface area (Å²) in [7, 11) is 0. The molecule has 0 radical (unpaired) electrons. The molecule has 0 aromatic carbocycles. The summed E-state index contributed by atoms with van der Waals surface area (Å²) in [6, 6.07) is 4.03. The predicted molar refractivity (Wildman–Crippen MR) is 83.7 cm³/mol. The summed E-state index contributed by atoms with van der Waals surface area (Å²) in [6.07, 6.45) is 5.03. The molecule has 1 aromatic rings. The van der Waals surface area contributed by atoms with E-state index in [1.807, 2.05) is 17.9 Å². The van der Waals surface area contributed by atoms with E-state index in [2.05, 4.69) is 9.88 Å². The summed E-state index contributed by atoms with van der Waals surface area (Å²) in [5, 5.41) is 0.394. The van der Waals surface area contributed by atoms with Crippen LogP contribution in [0.2, 0.25) is 5.15 Å². The number of hydrogen-bond acceptors (Lipinski definition) is 3. The summed E-state index contributed by atoms with van der Waals surface area (Å²) in [5.74, 6) is 0.0851. The Hall–Kier alpha value is -1.13. The number of aromatic nitrogens is 1. The molecule has 1 amide bonds. The Morgan fingerprint density at radius 1 is 1.24 bits per heavy atom. The summed E-state index contributed by atoms with van der Waals surface area (Å²) < 4.78 is 0. The van der Waals surface area contributed by atoms with Crippen LogP contribution in [0.4, 0.5) is 0 Å². The van der Waals surface area contributed by atoms with Crippen molar-refractivity contribution in [2.24, 2.45) is 0 Å². The first-order valence-electron chi connectivity index (χ1n) is 7.81. The number of hydrogen-bond donors (Lipinski definition) is 0. The fraction of sp³-hybridized carbons (Fsp3) is 0.625. The Balaban J connectivity index is 1.66. The maximum atomic E-state index is 12.6. The number of carbonyl (C=O) groups is 1. The van der Waals surface area contributed by atoms with Crippen molar-refractivity contribution in [1.29, 1.82) is 0 Å². The van der Waals surface area contributed by atoms with Gasteiger partial charge in [0.2, 0.25) is 0 Å². The quantitative estimate of drug-likeness (QED) is 0.788. The first-order chi connectivity index (χ1) is 10.1. The Morgan fingerprint density at radius 2 is 2.00 bits per heavy atom. The third-order valence-electron chi connectivity index (χ3n) is 4.53. The summed E-state index contributed by atoms with van der Waals surface area (Å²) in [6.45, 7) is 5.93. The molecule has 0 aliphatic carbocycles. The lowest BCUT2D eigenvalue weighted by Gasteiger charge is -2.32. The SMILES string of the molecule is Cc1cc(C(=O)N2CCC(N3CCCCC3)C2)cc(Cl)n1. The Labute approximate surface area is 131 Å². The van der Waals surface area contributed by atoms with Crippen LogP contribution in [0.25, 0.3) is 0 Å². The highest BCUT2D eigenvalue weighted by atomic mass is 35.5. The molecule has 3 rings (SSSR count). The van der Waals surface area contributed by atoms with Crippen LogP contribution in [-0.4, -0.2) is 52.9 Å². The Bertz CT molecular complexity index is 508. The van der Waals surface area contributed by atoms with Crippen molar-refractivity contribution in [3.05, 3.63) is 28.5 Å². The van der Waals surface area contributed by atoms with E-state index in [0.717, 1.165) is 25.2 Å². The van der Waals surface area contributed by atoms with Crippen LogP contribution < -0.4 is 0 Å². The first-order valence-corrected chi connectivity index (χ1v) is 8.19. The summed E-state index contributed by atoms with van der Waals surface area (Å²) >= 11 is 5.96. The van der Waals surface area contributed by atoms with E-state index in [9.17, 15) is 4.79 Å². The van der Waals surface area contributed by atoms with E-state index < -0.39 is 0 Å². The minimum Gasteiger partial charge on any atom is -0.337 e. The Kier molecular flexibility index (Phi) is 4.45. The number of likely N-dealkylation sites (tertiary alicyclic amines) is 2. The molecule has 2 aliphatic heterocycles. The summed E-state index contributed by atoms with van der Waals surface area (Å²) in [4.78, 5) is 21.2. The van der Waals surface area contributed by atoms with Gasteiger partial charge in [-0.15, -0.1) is 0 Å². The molecule has 0 N–H and O–H groups in total. The van der Waals surface area contributed by atoms with Gasteiger partial charge >= 0.3 is 0 Å². The lowest BCUT2D eigenvalue weighted by atomic mass is 10.1. The maximum Gasteiger partial charge on any atom is 0.254 e. The van der Waals surface area contributed by atoms with Crippen LogP contribution in [0.1, 0.15) is 41.7 Å². The largest absolute Gasteiger partial charge is 0.337 e. The van der Waals surface area contributed by atoms with E-state index >= 15 is 0 Å². The van der Waals surface area contributed by atoms with Crippen LogP contribution in [-0.2, 0) is 0 Å². The fourth-order valence-corrected chi connectivity index (χ4v) is 3.69. The summed E-state index contributed by atoms with van der Waals surface area (Å²) in [5.41, 5.74) is 1.45. The van der Waals surface area contributed by atoms with Gasteiger partial charge in [-0.05, 0) is 51.4 Å². The van der Waals surface area contributed by atoms with Crippen LogP contribution in [0, 0.1) is 6.92 Å². The lowest BCUT2D eigenvalue weighted by molar-refractivity contribution is 0.0771. The number of amides is 1. The van der Waals surface area contributed by atoms with E-state index in [1.54, 1.807) is 6.07 Å². The zero-order valence-corrected chi connectivity index (χ0v) is 13.3. The van der Waals surface area contributed by atoms with Crippen molar-refractivity contribution in [3.63, 3.8) is 0 Å². The molecule has 0 bridgehead atoms. The van der Waals surface area contributed by atoms with Crippen molar-refractivity contribution < 1.29 is 4.79 Å². The number of carbonyl (C=O) groups excluding carboxylic acids is 1. The molecule has 1 unspecified atom stereocenters. The van der Waals surface area contributed by atoms with Gasteiger partial charge in [0.1, 0.15) is 5.15 Å². The zero-order valence-electron chi connectivity index (χ0n) is 12.5. The lowest BCUT2D eigenvalue weighted by Crippen LogP contribution is -2.41. The van der Waals surface area contributed by atoms with E-state index in [1.165, 1.54) is 32.4 Å². The highest BCUT2D eigenvalue weighted by Gasteiger charge is 2.31. The molecule has 3 heterocycles. The number of nitrogens with zero attached hydrogens (tertiary/aromatic N) is 3. The van der Waals surface area contributed by atoms with Crippen LogP contribution in [0.15, 0.2) is 12.1 Å². The van der Waals surface area contributed by atoms with Crippen LogP contribution in [0.3, 0.4) is 0 Å². The standard InChI is InChI=1S/C16H22ClN3O/c1-12-9-13(10-15(17)18-12)16(21)20-8-5-14(11-20)19-6-3-2-4-7-19/h9-10,14H,2-8,11H2,1H3. The highest BCUT2D eigenvalue weighted by molar-refractivity contribution is 6.29. The van der Waals surface area contributed by atoms with Gasteiger partial charge in [-0.25, -0.2) is 4.98 Å². The number of piperidine rings is 1. The van der Waals surface area contributed by atoms with Crippen LogP contribution in [0.5, 0.6) is 0 Å². The van der Waals surface area contributed by atoms with Gasteiger partial charge in [0.15, 0.2) is 0 Å². The normalized spacial score (nSPS) is 23.5. The monoisotopic (exact) mass is 307 g/mol. The van der Waals surface area contributed by atoms with Crippen molar-refractivity contribution in [1.82, 2.24) is 14.8 Å². The molecule has 21 heavy (non-hydrogen) atoms. The molecule has 114 valence electrons. The van der Waals surface area contributed by atoms with Gasteiger partial charge in [0.25, 0.3) is 5.91 Å². The smallest absolute Gasteiger partial charge is 0.254 e. The Morgan fingerprint density at radius 3 is 2.71 bits per heavy atom. The van der Waals surface area contributed by atoms with E-state index in [4.69, 9.17) is 11.6 Å². The molecule has 4 nitrogen and oxygen atoms in total. The molecule has 2 fully saturated rings. The molecule has 0 spiro atoms. The molecule has 5 heteroatoms. The van der Waals surface area contributed by atoms with Gasteiger partial charge < -0.3 is 4.90 Å². The maximum absolute atomic E-state index is 12.6. The van der Waals surface area contributed by atoms with Crippen molar-refractivity contribution in [3.8, 4) is 0 Å². The molecule has 1 aromatic heterocycles. The van der Waals surface area contributed by atoms with Gasteiger partial charge in [-0.2, -0.15) is 0 Å². The molecule has 1 atom stereocenters. The van der Waals surface area contributed by atoms with Gasteiger partial charge in [0, 0.05) is 30.4 Å². The molecule has 2 saturated heterocycles. The number of aryl methyl sites for hydroxylation is 1. The van der Waals surface area contributed by atoms with Crippen LogP contribution >= 0.6 is 11.6 Å². The highest BCUT2D eigenvalue weighted by Crippen LogP contribution is 2.22.